The highest BCUT2D eigenvalue weighted by molar-refractivity contribution is 7.92. The largest absolute Gasteiger partial charge is 0.497 e. The zero-order chi connectivity index (χ0) is 15.6. The number of nitrogens with two attached hydrogens (primary N) is 1. The second kappa shape index (κ2) is 5.65. The third kappa shape index (κ3) is 3.28. The molecule has 0 radical (unpaired) electrons. The Kier molecular flexibility index (Phi) is 4.09. The minimum atomic E-state index is -3.68. The Morgan fingerprint density at radius 1 is 1.10 bits per heavy atom. The molecule has 0 bridgehead atoms. The van der Waals surface area contributed by atoms with Gasteiger partial charge in [-0.1, -0.05) is 12.1 Å². The number of nitrogen functional groups attached to an aromatic ring is 1. The highest BCUT2D eigenvalue weighted by atomic mass is 32.2. The Labute approximate surface area is 124 Å². The first-order valence-electron chi connectivity index (χ1n) is 6.37. The lowest BCUT2D eigenvalue weighted by atomic mass is 10.2. The van der Waals surface area contributed by atoms with Gasteiger partial charge in [-0.15, -0.1) is 0 Å². The second-order valence-electron chi connectivity index (χ2n) is 4.83. The van der Waals surface area contributed by atoms with E-state index in [-0.39, 0.29) is 4.90 Å². The number of hydrogen-bond acceptors (Lipinski definition) is 4. The number of sulfonamides is 1. The van der Waals surface area contributed by atoms with Gasteiger partial charge in [0, 0.05) is 6.07 Å². The molecule has 0 fully saturated rings. The van der Waals surface area contributed by atoms with Crippen molar-refractivity contribution in [2.24, 2.45) is 0 Å². The average Bonchev–Trinajstić information content (AvgIpc) is 2.43. The highest BCUT2D eigenvalue weighted by Crippen LogP contribution is 2.27. The SMILES string of the molecule is COc1ccc(NS(=O)(=O)c2cc(C)ccc2C)c(N)c1. The molecule has 0 saturated carbocycles. The lowest BCUT2D eigenvalue weighted by Gasteiger charge is -2.13. The van der Waals surface area contributed by atoms with E-state index in [4.69, 9.17) is 10.5 Å². The zero-order valence-electron chi connectivity index (χ0n) is 12.2. The summed E-state index contributed by atoms with van der Waals surface area (Å²) in [6, 6.07) is 10.1. The molecule has 21 heavy (non-hydrogen) atoms. The molecule has 0 amide bonds. The van der Waals surface area contributed by atoms with Crippen molar-refractivity contribution in [2.45, 2.75) is 18.7 Å². The van der Waals surface area contributed by atoms with Crippen molar-refractivity contribution in [1.29, 1.82) is 0 Å². The van der Waals surface area contributed by atoms with Gasteiger partial charge in [0.25, 0.3) is 10.0 Å². The Morgan fingerprint density at radius 3 is 2.43 bits per heavy atom. The van der Waals surface area contributed by atoms with E-state index in [1.807, 2.05) is 13.0 Å². The Balaban J connectivity index is 2.40. The van der Waals surface area contributed by atoms with E-state index in [9.17, 15) is 8.42 Å². The van der Waals surface area contributed by atoms with Crippen molar-refractivity contribution in [1.82, 2.24) is 0 Å². The number of rotatable bonds is 4. The topological polar surface area (TPSA) is 81.4 Å². The number of nitrogens with one attached hydrogen (secondary N) is 1. The van der Waals surface area contributed by atoms with Crippen LogP contribution >= 0.6 is 0 Å². The molecule has 5 nitrogen and oxygen atoms in total. The van der Waals surface area contributed by atoms with E-state index in [1.165, 1.54) is 7.11 Å². The molecule has 2 aromatic rings. The van der Waals surface area contributed by atoms with E-state index in [0.29, 0.717) is 22.7 Å². The van der Waals surface area contributed by atoms with Crippen molar-refractivity contribution in [2.75, 3.05) is 17.6 Å². The van der Waals surface area contributed by atoms with Gasteiger partial charge in [0.15, 0.2) is 0 Å². The first-order valence-corrected chi connectivity index (χ1v) is 7.85. The van der Waals surface area contributed by atoms with Gasteiger partial charge in [0.05, 0.1) is 23.4 Å². The predicted molar refractivity (Wildman–Crippen MR) is 84.1 cm³/mol. The van der Waals surface area contributed by atoms with Gasteiger partial charge in [-0.2, -0.15) is 0 Å². The molecule has 0 spiro atoms. The van der Waals surface area contributed by atoms with Crippen LogP contribution in [0.5, 0.6) is 5.75 Å². The van der Waals surface area contributed by atoms with E-state index in [0.717, 1.165) is 5.56 Å². The van der Waals surface area contributed by atoms with E-state index in [2.05, 4.69) is 4.72 Å². The normalized spacial score (nSPS) is 11.2. The molecule has 0 aliphatic heterocycles. The van der Waals surface area contributed by atoms with Crippen molar-refractivity contribution in [3.8, 4) is 5.75 Å². The molecule has 0 aliphatic carbocycles. The monoisotopic (exact) mass is 306 g/mol. The lowest BCUT2D eigenvalue weighted by molar-refractivity contribution is 0.415. The first-order chi connectivity index (χ1) is 9.83. The number of aryl methyl sites for hydroxylation is 2. The van der Waals surface area contributed by atoms with E-state index < -0.39 is 10.0 Å². The molecule has 2 aromatic carbocycles. The van der Waals surface area contributed by atoms with E-state index >= 15 is 0 Å². The summed E-state index contributed by atoms with van der Waals surface area (Å²) < 4.78 is 32.5. The summed E-state index contributed by atoms with van der Waals surface area (Å²) in [4.78, 5) is 0.248. The van der Waals surface area contributed by atoms with Gasteiger partial charge in [-0.3, -0.25) is 4.72 Å². The molecule has 0 unspecified atom stereocenters. The Morgan fingerprint density at radius 2 is 1.81 bits per heavy atom. The number of hydrogen-bond donors (Lipinski definition) is 2. The molecular weight excluding hydrogens is 288 g/mol. The summed E-state index contributed by atoms with van der Waals surface area (Å²) >= 11 is 0. The molecule has 0 saturated heterocycles. The summed E-state index contributed by atoms with van der Waals surface area (Å²) in [5.41, 5.74) is 8.04. The third-order valence-corrected chi connectivity index (χ3v) is 4.64. The third-order valence-electron chi connectivity index (χ3n) is 3.14. The summed E-state index contributed by atoms with van der Waals surface area (Å²) in [6.07, 6.45) is 0. The maximum atomic E-state index is 12.5. The van der Waals surface area contributed by atoms with Gasteiger partial charge in [-0.05, 0) is 43.2 Å². The summed E-state index contributed by atoms with van der Waals surface area (Å²) in [7, 11) is -2.16. The van der Waals surface area contributed by atoms with Crippen LogP contribution < -0.4 is 15.2 Å². The van der Waals surface area contributed by atoms with Gasteiger partial charge < -0.3 is 10.5 Å². The van der Waals surface area contributed by atoms with E-state index in [1.54, 1.807) is 37.3 Å². The minimum Gasteiger partial charge on any atom is -0.497 e. The molecule has 0 heterocycles. The smallest absolute Gasteiger partial charge is 0.262 e. The number of anilines is 2. The van der Waals surface area contributed by atoms with Crippen LogP contribution in [0.3, 0.4) is 0 Å². The van der Waals surface area contributed by atoms with Crippen LogP contribution in [0.25, 0.3) is 0 Å². The highest BCUT2D eigenvalue weighted by Gasteiger charge is 2.18. The number of benzene rings is 2. The molecule has 3 N–H and O–H groups in total. The Hall–Kier alpha value is -2.21. The number of methoxy groups -OCH3 is 1. The predicted octanol–water partition coefficient (Wildman–Crippen LogP) is 2.70. The van der Waals surface area contributed by atoms with Crippen molar-refractivity contribution in [3.05, 3.63) is 47.5 Å². The fourth-order valence-corrected chi connectivity index (χ4v) is 3.38. The fourth-order valence-electron chi connectivity index (χ4n) is 1.96. The van der Waals surface area contributed by atoms with Crippen molar-refractivity contribution < 1.29 is 13.2 Å². The summed E-state index contributed by atoms with van der Waals surface area (Å²) in [5.74, 6) is 0.571. The summed E-state index contributed by atoms with van der Waals surface area (Å²) in [5, 5.41) is 0. The zero-order valence-corrected chi connectivity index (χ0v) is 13.0. The van der Waals surface area contributed by atoms with Crippen LogP contribution in [0, 0.1) is 13.8 Å². The van der Waals surface area contributed by atoms with Crippen LogP contribution in [-0.4, -0.2) is 15.5 Å². The molecule has 112 valence electrons. The molecular formula is C15H18N2O3S. The van der Waals surface area contributed by atoms with Crippen LogP contribution in [0.4, 0.5) is 11.4 Å². The standard InChI is InChI=1S/C15H18N2O3S/c1-10-4-5-11(2)15(8-10)21(18,19)17-14-7-6-12(20-3)9-13(14)16/h4-9,17H,16H2,1-3H3. The molecule has 0 aromatic heterocycles. The maximum absolute atomic E-state index is 12.5. The molecule has 0 atom stereocenters. The van der Waals surface area contributed by atoms with Gasteiger partial charge in [0.1, 0.15) is 5.75 Å². The molecule has 0 aliphatic rings. The van der Waals surface area contributed by atoms with Crippen molar-refractivity contribution in [3.63, 3.8) is 0 Å². The van der Waals surface area contributed by atoms with Crippen LogP contribution in [0.2, 0.25) is 0 Å². The first kappa shape index (κ1) is 15.2. The molecule has 6 heteroatoms. The average molecular weight is 306 g/mol. The maximum Gasteiger partial charge on any atom is 0.262 e. The fraction of sp³-hybridized carbons (Fsp3) is 0.200. The van der Waals surface area contributed by atoms with Crippen LogP contribution in [-0.2, 0) is 10.0 Å². The van der Waals surface area contributed by atoms with Crippen LogP contribution in [0.15, 0.2) is 41.3 Å². The summed E-state index contributed by atoms with van der Waals surface area (Å²) in [6.45, 7) is 3.60. The van der Waals surface area contributed by atoms with Crippen molar-refractivity contribution >= 4 is 21.4 Å². The minimum absolute atomic E-state index is 0.248. The molecule has 2 rings (SSSR count). The van der Waals surface area contributed by atoms with Gasteiger partial charge >= 0.3 is 0 Å². The second-order valence-corrected chi connectivity index (χ2v) is 6.48. The van der Waals surface area contributed by atoms with Gasteiger partial charge in [0.2, 0.25) is 0 Å². The van der Waals surface area contributed by atoms with Gasteiger partial charge in [-0.25, -0.2) is 8.42 Å². The van der Waals surface area contributed by atoms with Crippen LogP contribution in [0.1, 0.15) is 11.1 Å². The number of ether oxygens (including phenoxy) is 1. The quantitative estimate of drug-likeness (QED) is 0.851. The Bertz CT molecular complexity index is 770. The lowest BCUT2D eigenvalue weighted by Crippen LogP contribution is -2.15.